The number of aliphatic hydroxyl groups is 1. The molecule has 2 N–H and O–H groups in total. The van der Waals surface area contributed by atoms with Crippen molar-refractivity contribution in [2.45, 2.75) is 25.0 Å². The topological polar surface area (TPSA) is 106 Å². The van der Waals surface area contributed by atoms with Crippen LogP contribution in [0.5, 0.6) is 5.75 Å². The lowest BCUT2D eigenvalue weighted by Crippen LogP contribution is -2.37. The van der Waals surface area contributed by atoms with E-state index in [2.05, 4.69) is 31.1 Å². The first-order valence-electron chi connectivity index (χ1n) is 12.8. The summed E-state index contributed by atoms with van der Waals surface area (Å²) in [5, 5.41) is 13.5. The number of nitrogens with one attached hydrogen (secondary N) is 1. The Morgan fingerprint density at radius 3 is 2.69 bits per heavy atom. The summed E-state index contributed by atoms with van der Waals surface area (Å²) in [5.41, 5.74) is 3.52. The smallest absolute Gasteiger partial charge is 0.162 e. The predicted octanol–water partition coefficient (Wildman–Crippen LogP) is 4.74. The molecule has 3 heterocycles. The third-order valence-electron chi connectivity index (χ3n) is 6.61. The van der Waals surface area contributed by atoms with Crippen molar-refractivity contribution in [1.82, 2.24) is 25.3 Å². The minimum Gasteiger partial charge on any atom is -0.491 e. The molecule has 2 aromatic carbocycles. The van der Waals surface area contributed by atoms with Crippen LogP contribution in [0.15, 0.2) is 53.1 Å². The van der Waals surface area contributed by atoms with Gasteiger partial charge in [-0.2, -0.15) is 0 Å². The molecule has 0 saturated carbocycles. The number of hydrogen-bond acceptors (Lipinski definition) is 9. The zero-order chi connectivity index (χ0) is 27.4. The van der Waals surface area contributed by atoms with Crippen LogP contribution in [0.4, 0.5) is 5.82 Å². The van der Waals surface area contributed by atoms with E-state index >= 15 is 0 Å². The Bertz CT molecular complexity index is 1450. The Balaban J connectivity index is 1.60. The number of para-hydroxylation sites is 2. The molecule has 5 rings (SSSR count). The molecule has 1 unspecified atom stereocenters. The van der Waals surface area contributed by atoms with Gasteiger partial charge < -0.3 is 24.8 Å². The molecular formula is C28H30BrClN6O3. The molecule has 1 aliphatic heterocycles. The first kappa shape index (κ1) is 27.7. The summed E-state index contributed by atoms with van der Waals surface area (Å²) in [4.78, 5) is 21.5. The summed E-state index contributed by atoms with van der Waals surface area (Å²) in [6, 6.07) is 13.3. The fourth-order valence-corrected chi connectivity index (χ4v) is 5.43. The number of likely N-dealkylation sites (N-methyl/N-ethyl adjacent to an activating group) is 1. The summed E-state index contributed by atoms with van der Waals surface area (Å²) in [7, 11) is 3.82. The zero-order valence-corrected chi connectivity index (χ0v) is 24.1. The number of aliphatic hydroxyl groups excluding tert-OH is 1. The maximum atomic E-state index is 10.1. The average Bonchev–Trinajstić information content (AvgIpc) is 2.96. The zero-order valence-electron chi connectivity index (χ0n) is 21.8. The number of ether oxygens (including phenoxy) is 2. The second-order valence-corrected chi connectivity index (χ2v) is 10.7. The molecule has 2 aromatic heterocycles. The first-order valence-corrected chi connectivity index (χ1v) is 14.0. The van der Waals surface area contributed by atoms with Crippen LogP contribution >= 0.6 is 27.5 Å². The molecule has 0 spiro atoms. The van der Waals surface area contributed by atoms with Gasteiger partial charge in [-0.3, -0.25) is 4.98 Å². The molecule has 11 heteroatoms. The number of nitrogens with zero attached hydrogens (tertiary/aromatic N) is 5. The monoisotopic (exact) mass is 612 g/mol. The highest BCUT2D eigenvalue weighted by Gasteiger charge is 2.25. The predicted molar refractivity (Wildman–Crippen MR) is 156 cm³/mol. The van der Waals surface area contributed by atoms with Gasteiger partial charge in [0.1, 0.15) is 35.7 Å². The van der Waals surface area contributed by atoms with Crippen molar-refractivity contribution in [2.75, 3.05) is 45.4 Å². The number of aromatic nitrogens is 4. The van der Waals surface area contributed by atoms with E-state index in [-0.39, 0.29) is 12.6 Å². The van der Waals surface area contributed by atoms with Crippen LogP contribution in [0.1, 0.15) is 12.8 Å². The SMILES string of the molecule is CNCC(O)COc1cc(Cl)cc(-c2nc(-c3cnc4ccccc4n3)c(Br)c(N(C)C3CCOCC3)n2)c1. The number of halogens is 2. The van der Waals surface area contributed by atoms with Gasteiger partial charge in [-0.05, 0) is 66.2 Å². The van der Waals surface area contributed by atoms with Gasteiger partial charge >= 0.3 is 0 Å². The average molecular weight is 614 g/mol. The van der Waals surface area contributed by atoms with Crippen molar-refractivity contribution in [3.63, 3.8) is 0 Å². The normalized spacial score (nSPS) is 14.9. The van der Waals surface area contributed by atoms with E-state index in [0.717, 1.165) is 34.2 Å². The Morgan fingerprint density at radius 2 is 1.92 bits per heavy atom. The molecule has 39 heavy (non-hydrogen) atoms. The largest absolute Gasteiger partial charge is 0.491 e. The molecule has 0 bridgehead atoms. The summed E-state index contributed by atoms with van der Waals surface area (Å²) < 4.78 is 12.2. The summed E-state index contributed by atoms with van der Waals surface area (Å²) >= 11 is 10.3. The van der Waals surface area contributed by atoms with Crippen LogP contribution in [0, 0.1) is 0 Å². The van der Waals surface area contributed by atoms with Crippen molar-refractivity contribution in [3.05, 3.63) is 58.2 Å². The summed E-state index contributed by atoms with van der Waals surface area (Å²) in [6.07, 6.45) is 2.88. The lowest BCUT2D eigenvalue weighted by atomic mass is 10.1. The number of rotatable bonds is 9. The Labute approximate surface area is 240 Å². The van der Waals surface area contributed by atoms with E-state index in [4.69, 9.17) is 36.0 Å². The van der Waals surface area contributed by atoms with E-state index < -0.39 is 6.10 Å². The molecule has 9 nitrogen and oxygen atoms in total. The Kier molecular flexibility index (Phi) is 8.89. The van der Waals surface area contributed by atoms with Gasteiger partial charge in [-0.25, -0.2) is 15.0 Å². The highest BCUT2D eigenvalue weighted by atomic mass is 79.9. The number of anilines is 1. The van der Waals surface area contributed by atoms with Gasteiger partial charge in [0.25, 0.3) is 0 Å². The van der Waals surface area contributed by atoms with Crippen molar-refractivity contribution < 1.29 is 14.6 Å². The molecule has 204 valence electrons. The fraction of sp³-hybridized carbons (Fsp3) is 0.357. The van der Waals surface area contributed by atoms with Crippen molar-refractivity contribution in [2.24, 2.45) is 0 Å². The number of fused-ring (bicyclic) bond motifs is 1. The van der Waals surface area contributed by atoms with Crippen LogP contribution in [0.3, 0.4) is 0 Å². The number of benzene rings is 2. The van der Waals surface area contributed by atoms with E-state index in [9.17, 15) is 5.11 Å². The second-order valence-electron chi connectivity index (χ2n) is 9.43. The molecular weight excluding hydrogens is 584 g/mol. The van der Waals surface area contributed by atoms with Crippen LogP contribution in [-0.2, 0) is 4.74 Å². The minimum atomic E-state index is -0.654. The summed E-state index contributed by atoms with van der Waals surface area (Å²) in [6.45, 7) is 1.96. The van der Waals surface area contributed by atoms with Gasteiger partial charge in [0.05, 0.1) is 21.7 Å². The minimum absolute atomic E-state index is 0.123. The molecule has 1 saturated heterocycles. The van der Waals surface area contributed by atoms with Gasteiger partial charge in [0.2, 0.25) is 0 Å². The quantitative estimate of drug-likeness (QED) is 0.277. The molecule has 0 aliphatic carbocycles. The maximum absolute atomic E-state index is 10.1. The standard InChI is InChI=1S/C28H30BrClN6O3/c1-31-14-20(37)16-39-21-12-17(11-18(30)13-21)27-34-26(24-15-32-22-5-3-4-6-23(22)33-24)25(29)28(35-27)36(2)19-7-9-38-10-8-19/h3-6,11-13,15,19-20,31,37H,7-10,14,16H2,1-2H3. The van der Waals surface area contributed by atoms with Gasteiger partial charge in [0, 0.05) is 43.4 Å². The molecule has 1 fully saturated rings. The van der Waals surface area contributed by atoms with Crippen molar-refractivity contribution in [3.8, 4) is 28.5 Å². The van der Waals surface area contributed by atoms with Gasteiger partial charge in [-0.1, -0.05) is 23.7 Å². The third-order valence-corrected chi connectivity index (χ3v) is 7.56. The van der Waals surface area contributed by atoms with Crippen LogP contribution in [0.25, 0.3) is 33.8 Å². The highest BCUT2D eigenvalue weighted by Crippen LogP contribution is 2.37. The number of hydrogen-bond donors (Lipinski definition) is 2. The van der Waals surface area contributed by atoms with Crippen LogP contribution in [-0.4, -0.2) is 77.6 Å². The second kappa shape index (κ2) is 12.5. The molecule has 1 atom stereocenters. The van der Waals surface area contributed by atoms with E-state index in [1.807, 2.05) is 37.4 Å². The Hall–Kier alpha value is -2.89. The third kappa shape index (κ3) is 6.47. The lowest BCUT2D eigenvalue weighted by molar-refractivity contribution is 0.0853. The molecule has 1 aliphatic rings. The van der Waals surface area contributed by atoms with Crippen LogP contribution in [0.2, 0.25) is 5.02 Å². The van der Waals surface area contributed by atoms with Crippen molar-refractivity contribution in [1.29, 1.82) is 0 Å². The fourth-order valence-electron chi connectivity index (χ4n) is 4.55. The van der Waals surface area contributed by atoms with E-state index in [1.165, 1.54) is 0 Å². The molecule has 4 aromatic rings. The van der Waals surface area contributed by atoms with Crippen LogP contribution < -0.4 is 15.0 Å². The molecule has 0 amide bonds. The van der Waals surface area contributed by atoms with Crippen molar-refractivity contribution >= 4 is 44.4 Å². The van der Waals surface area contributed by atoms with Gasteiger partial charge in [0.15, 0.2) is 5.82 Å². The first-order chi connectivity index (χ1) is 18.9. The van der Waals surface area contributed by atoms with Gasteiger partial charge in [-0.15, -0.1) is 0 Å². The molecule has 0 radical (unpaired) electrons. The highest BCUT2D eigenvalue weighted by molar-refractivity contribution is 9.10. The van der Waals surface area contributed by atoms with E-state index in [1.54, 1.807) is 25.4 Å². The lowest BCUT2D eigenvalue weighted by Gasteiger charge is -2.33. The summed E-state index contributed by atoms with van der Waals surface area (Å²) in [5.74, 6) is 1.73. The van der Waals surface area contributed by atoms with E-state index in [0.29, 0.717) is 53.3 Å². The maximum Gasteiger partial charge on any atom is 0.162 e. The Morgan fingerprint density at radius 1 is 1.15 bits per heavy atom.